The Morgan fingerprint density at radius 3 is 2.43 bits per heavy atom. The highest BCUT2D eigenvalue weighted by Crippen LogP contribution is 2.09. The van der Waals surface area contributed by atoms with Crippen molar-refractivity contribution in [1.82, 2.24) is 10.6 Å². The van der Waals surface area contributed by atoms with Gasteiger partial charge in [0.1, 0.15) is 0 Å². The Balaban J connectivity index is 2.47. The predicted molar refractivity (Wildman–Crippen MR) is 74.8 cm³/mol. The SMILES string of the molecule is COC(=O)C(CO)NC(=O)CNC(=O)c1ccc(Cl)cc1. The lowest BCUT2D eigenvalue weighted by molar-refractivity contribution is -0.146. The van der Waals surface area contributed by atoms with Crippen LogP contribution in [0.25, 0.3) is 0 Å². The fourth-order valence-corrected chi connectivity index (χ4v) is 1.56. The maximum atomic E-state index is 11.7. The molecule has 21 heavy (non-hydrogen) atoms. The topological polar surface area (TPSA) is 105 Å². The molecule has 1 aromatic carbocycles. The lowest BCUT2D eigenvalue weighted by Gasteiger charge is -2.14. The largest absolute Gasteiger partial charge is 0.467 e. The van der Waals surface area contributed by atoms with Crippen LogP contribution in [-0.2, 0) is 14.3 Å². The number of halogens is 1. The van der Waals surface area contributed by atoms with Gasteiger partial charge in [-0.05, 0) is 24.3 Å². The number of hydrogen-bond acceptors (Lipinski definition) is 5. The molecule has 0 aliphatic rings. The number of esters is 1. The van der Waals surface area contributed by atoms with Gasteiger partial charge in [-0.2, -0.15) is 0 Å². The van der Waals surface area contributed by atoms with Crippen molar-refractivity contribution in [3.05, 3.63) is 34.9 Å². The van der Waals surface area contributed by atoms with Gasteiger partial charge < -0.3 is 20.5 Å². The molecular formula is C13H15ClN2O5. The molecule has 7 nitrogen and oxygen atoms in total. The molecule has 8 heteroatoms. The first-order valence-electron chi connectivity index (χ1n) is 5.99. The van der Waals surface area contributed by atoms with E-state index in [1.165, 1.54) is 12.1 Å². The number of carbonyl (C=O) groups excluding carboxylic acids is 3. The second-order valence-electron chi connectivity index (χ2n) is 4.02. The predicted octanol–water partition coefficient (Wildman–Crippen LogP) is -0.280. The number of nitrogens with one attached hydrogen (secondary N) is 2. The molecule has 0 saturated carbocycles. The van der Waals surface area contributed by atoms with Crippen LogP contribution in [0.2, 0.25) is 5.02 Å². The van der Waals surface area contributed by atoms with Crippen molar-refractivity contribution in [2.75, 3.05) is 20.3 Å². The molecule has 0 bridgehead atoms. The van der Waals surface area contributed by atoms with E-state index in [0.717, 1.165) is 7.11 Å². The number of amides is 2. The normalized spacial score (nSPS) is 11.4. The molecular weight excluding hydrogens is 300 g/mol. The number of methoxy groups -OCH3 is 1. The van der Waals surface area contributed by atoms with E-state index in [2.05, 4.69) is 15.4 Å². The summed E-state index contributed by atoms with van der Waals surface area (Å²) in [5, 5.41) is 14.0. The summed E-state index contributed by atoms with van der Waals surface area (Å²) in [6.45, 7) is -0.932. The standard InChI is InChI=1S/C13H15ClN2O5/c1-21-13(20)10(7-17)16-11(18)6-15-12(19)8-2-4-9(14)5-3-8/h2-5,10,17H,6-7H2,1H3,(H,15,19)(H,16,18). The zero-order valence-corrected chi connectivity index (χ0v) is 12.0. The van der Waals surface area contributed by atoms with Gasteiger partial charge in [-0.1, -0.05) is 11.6 Å². The first-order chi connectivity index (χ1) is 9.97. The van der Waals surface area contributed by atoms with Crippen LogP contribution in [0.3, 0.4) is 0 Å². The highest BCUT2D eigenvalue weighted by Gasteiger charge is 2.20. The first-order valence-corrected chi connectivity index (χ1v) is 6.37. The smallest absolute Gasteiger partial charge is 0.330 e. The molecule has 1 unspecified atom stereocenters. The van der Waals surface area contributed by atoms with Gasteiger partial charge in [-0.3, -0.25) is 9.59 Å². The molecule has 0 spiro atoms. The van der Waals surface area contributed by atoms with Crippen LogP contribution < -0.4 is 10.6 Å². The summed E-state index contributed by atoms with van der Waals surface area (Å²) in [5.74, 6) is -1.85. The number of aliphatic hydroxyl groups excluding tert-OH is 1. The zero-order valence-electron chi connectivity index (χ0n) is 11.3. The maximum Gasteiger partial charge on any atom is 0.330 e. The molecule has 0 fully saturated rings. The van der Waals surface area contributed by atoms with Crippen LogP contribution in [0.5, 0.6) is 0 Å². The number of aliphatic hydroxyl groups is 1. The molecule has 3 N–H and O–H groups in total. The minimum absolute atomic E-state index is 0.338. The van der Waals surface area contributed by atoms with Crippen LogP contribution >= 0.6 is 11.6 Å². The van der Waals surface area contributed by atoms with Crippen molar-refractivity contribution in [3.63, 3.8) is 0 Å². The molecule has 1 rings (SSSR count). The average molecular weight is 315 g/mol. The first kappa shape index (κ1) is 16.9. The summed E-state index contributed by atoms with van der Waals surface area (Å²) in [5.41, 5.74) is 0.346. The van der Waals surface area contributed by atoms with E-state index in [4.69, 9.17) is 16.7 Å². The van der Waals surface area contributed by atoms with Crippen molar-refractivity contribution >= 4 is 29.4 Å². The number of rotatable bonds is 6. The Labute approximate surface area is 126 Å². The average Bonchev–Trinajstić information content (AvgIpc) is 2.50. The number of ether oxygens (including phenoxy) is 1. The minimum Gasteiger partial charge on any atom is -0.467 e. The van der Waals surface area contributed by atoms with Gasteiger partial charge in [0.2, 0.25) is 5.91 Å². The minimum atomic E-state index is -1.16. The van der Waals surface area contributed by atoms with Gasteiger partial charge in [0.05, 0.1) is 20.3 Å². The summed E-state index contributed by atoms with van der Waals surface area (Å²) in [7, 11) is 1.14. The van der Waals surface area contributed by atoms with Gasteiger partial charge in [0.15, 0.2) is 6.04 Å². The molecule has 0 aliphatic carbocycles. The zero-order chi connectivity index (χ0) is 15.8. The summed E-state index contributed by atoms with van der Waals surface area (Å²) in [4.78, 5) is 34.5. The molecule has 0 radical (unpaired) electrons. The molecule has 1 aromatic rings. The van der Waals surface area contributed by atoms with E-state index in [0.29, 0.717) is 10.6 Å². The van der Waals surface area contributed by atoms with Gasteiger partial charge in [-0.25, -0.2) is 4.79 Å². The molecule has 2 amide bonds. The van der Waals surface area contributed by atoms with Crippen LogP contribution in [-0.4, -0.2) is 49.2 Å². The van der Waals surface area contributed by atoms with Crippen LogP contribution in [0.15, 0.2) is 24.3 Å². The molecule has 0 saturated heterocycles. The summed E-state index contributed by atoms with van der Waals surface area (Å²) in [6, 6.07) is 4.97. The Kier molecular flexibility index (Phi) is 6.64. The van der Waals surface area contributed by atoms with Gasteiger partial charge in [0, 0.05) is 10.6 Å². The van der Waals surface area contributed by atoms with Crippen molar-refractivity contribution in [1.29, 1.82) is 0 Å². The third-order valence-corrected chi connectivity index (χ3v) is 2.77. The number of carbonyl (C=O) groups is 3. The second kappa shape index (κ2) is 8.23. The molecule has 114 valence electrons. The molecule has 0 aromatic heterocycles. The van der Waals surface area contributed by atoms with Crippen molar-refractivity contribution in [2.24, 2.45) is 0 Å². The second-order valence-corrected chi connectivity index (χ2v) is 4.45. The van der Waals surface area contributed by atoms with E-state index < -0.39 is 30.4 Å². The molecule has 0 aliphatic heterocycles. The van der Waals surface area contributed by atoms with Crippen molar-refractivity contribution in [2.45, 2.75) is 6.04 Å². The van der Waals surface area contributed by atoms with E-state index in [1.807, 2.05) is 0 Å². The third-order valence-electron chi connectivity index (χ3n) is 2.52. The van der Waals surface area contributed by atoms with Crippen LogP contribution in [0, 0.1) is 0 Å². The summed E-state index contributed by atoms with van der Waals surface area (Å²) >= 11 is 5.70. The van der Waals surface area contributed by atoms with Crippen molar-refractivity contribution in [3.8, 4) is 0 Å². The van der Waals surface area contributed by atoms with Crippen molar-refractivity contribution < 1.29 is 24.2 Å². The maximum absolute atomic E-state index is 11.7. The Hall–Kier alpha value is -2.12. The van der Waals surface area contributed by atoms with Crippen LogP contribution in [0.1, 0.15) is 10.4 Å². The quantitative estimate of drug-likeness (QED) is 0.626. The summed E-state index contributed by atoms with van der Waals surface area (Å²) < 4.78 is 4.40. The van der Waals surface area contributed by atoms with Crippen LogP contribution in [0.4, 0.5) is 0 Å². The number of benzene rings is 1. The van der Waals surface area contributed by atoms with E-state index in [9.17, 15) is 14.4 Å². The lowest BCUT2D eigenvalue weighted by Crippen LogP contribution is -2.47. The Morgan fingerprint density at radius 1 is 1.29 bits per heavy atom. The van der Waals surface area contributed by atoms with Gasteiger partial charge in [0.25, 0.3) is 5.91 Å². The third kappa shape index (κ3) is 5.41. The molecule has 1 atom stereocenters. The monoisotopic (exact) mass is 314 g/mol. The highest BCUT2D eigenvalue weighted by molar-refractivity contribution is 6.30. The Morgan fingerprint density at radius 2 is 1.90 bits per heavy atom. The fourth-order valence-electron chi connectivity index (χ4n) is 1.43. The fraction of sp³-hybridized carbons (Fsp3) is 0.308. The van der Waals surface area contributed by atoms with Gasteiger partial charge >= 0.3 is 5.97 Å². The number of hydrogen-bond donors (Lipinski definition) is 3. The van der Waals surface area contributed by atoms with E-state index in [-0.39, 0.29) is 6.54 Å². The van der Waals surface area contributed by atoms with E-state index in [1.54, 1.807) is 12.1 Å². The highest BCUT2D eigenvalue weighted by atomic mass is 35.5. The Bertz CT molecular complexity index is 518. The lowest BCUT2D eigenvalue weighted by atomic mass is 10.2. The van der Waals surface area contributed by atoms with Gasteiger partial charge in [-0.15, -0.1) is 0 Å². The summed E-state index contributed by atoms with van der Waals surface area (Å²) in [6.07, 6.45) is 0. The van der Waals surface area contributed by atoms with E-state index >= 15 is 0 Å². The molecule has 0 heterocycles.